The summed E-state index contributed by atoms with van der Waals surface area (Å²) in [4.78, 5) is 0. The number of aryl methyl sites for hydroxylation is 1. The highest BCUT2D eigenvalue weighted by Crippen LogP contribution is 2.12. The maximum atomic E-state index is 5.60. The Balaban J connectivity index is 2.43. The van der Waals surface area contributed by atoms with E-state index in [1.54, 1.807) is 0 Å². The van der Waals surface area contributed by atoms with Crippen LogP contribution < -0.4 is 0 Å². The first-order chi connectivity index (χ1) is 7.63. The van der Waals surface area contributed by atoms with Crippen LogP contribution in [0.15, 0.2) is 6.20 Å². The molecule has 0 spiro atoms. The molecule has 3 nitrogen and oxygen atoms in total. The highest BCUT2D eigenvalue weighted by Gasteiger charge is 2.06. The number of nitrogens with zero attached hydrogens (tertiary/aromatic N) is 2. The highest BCUT2D eigenvalue weighted by molar-refractivity contribution is 14.1. The van der Waals surface area contributed by atoms with Crippen LogP contribution in [-0.4, -0.2) is 16.4 Å². The quantitative estimate of drug-likeness (QED) is 0.713. The van der Waals surface area contributed by atoms with Gasteiger partial charge >= 0.3 is 0 Å². The highest BCUT2D eigenvalue weighted by atomic mass is 127. The van der Waals surface area contributed by atoms with Crippen molar-refractivity contribution in [3.05, 3.63) is 15.5 Å². The van der Waals surface area contributed by atoms with Crippen molar-refractivity contribution in [3.8, 4) is 0 Å². The van der Waals surface area contributed by atoms with Crippen LogP contribution in [0.3, 0.4) is 0 Å². The maximum Gasteiger partial charge on any atom is 0.101 e. The molecule has 0 aliphatic rings. The van der Waals surface area contributed by atoms with E-state index in [2.05, 4.69) is 54.7 Å². The molecule has 1 aromatic rings. The molecule has 1 heterocycles. The van der Waals surface area contributed by atoms with Gasteiger partial charge in [-0.3, -0.25) is 4.68 Å². The van der Waals surface area contributed by atoms with Crippen molar-refractivity contribution in [1.29, 1.82) is 0 Å². The molecule has 92 valence electrons. The Morgan fingerprint density at radius 2 is 2.25 bits per heavy atom. The molecule has 0 saturated heterocycles. The van der Waals surface area contributed by atoms with Crippen molar-refractivity contribution in [1.82, 2.24) is 9.78 Å². The lowest BCUT2D eigenvalue weighted by Gasteiger charge is -2.05. The largest absolute Gasteiger partial charge is 0.375 e. The molecule has 16 heavy (non-hydrogen) atoms. The second-order valence-corrected chi connectivity index (χ2v) is 5.61. The average Bonchev–Trinajstić information content (AvgIpc) is 2.56. The number of hydrogen-bond acceptors (Lipinski definition) is 2. The van der Waals surface area contributed by atoms with Crippen LogP contribution in [0.2, 0.25) is 0 Å². The molecule has 0 atom stereocenters. The van der Waals surface area contributed by atoms with E-state index in [4.69, 9.17) is 4.74 Å². The zero-order chi connectivity index (χ0) is 12.0. The van der Waals surface area contributed by atoms with Crippen LogP contribution in [0.25, 0.3) is 0 Å². The molecule has 0 N–H and O–H groups in total. The van der Waals surface area contributed by atoms with Crippen LogP contribution in [-0.2, 0) is 17.9 Å². The Bertz CT molecular complexity index is 310. The smallest absolute Gasteiger partial charge is 0.101 e. The number of unbranched alkanes of at least 4 members (excludes halogenated alkanes) is 1. The van der Waals surface area contributed by atoms with Gasteiger partial charge in [-0.05, 0) is 34.9 Å². The molecule has 0 unspecified atom stereocenters. The molecule has 0 aliphatic carbocycles. The van der Waals surface area contributed by atoms with Gasteiger partial charge in [-0.25, -0.2) is 0 Å². The van der Waals surface area contributed by atoms with Crippen molar-refractivity contribution < 1.29 is 4.74 Å². The molecular weight excluding hydrogens is 315 g/mol. The van der Waals surface area contributed by atoms with Gasteiger partial charge < -0.3 is 4.74 Å². The summed E-state index contributed by atoms with van der Waals surface area (Å²) in [5.41, 5.74) is 1.07. The van der Waals surface area contributed by atoms with Crippen LogP contribution in [0, 0.1) is 9.49 Å². The van der Waals surface area contributed by atoms with Gasteiger partial charge in [-0.2, -0.15) is 5.10 Å². The summed E-state index contributed by atoms with van der Waals surface area (Å²) in [7, 11) is 0. The van der Waals surface area contributed by atoms with Gasteiger partial charge in [0.2, 0.25) is 0 Å². The van der Waals surface area contributed by atoms with E-state index in [1.165, 1.54) is 16.4 Å². The van der Waals surface area contributed by atoms with Gasteiger partial charge in [0.15, 0.2) is 0 Å². The van der Waals surface area contributed by atoms with Crippen LogP contribution in [0.5, 0.6) is 0 Å². The number of ether oxygens (including phenoxy) is 1. The number of halogens is 1. The lowest BCUT2D eigenvalue weighted by molar-refractivity contribution is 0.0940. The minimum atomic E-state index is 0.583. The topological polar surface area (TPSA) is 27.1 Å². The predicted molar refractivity (Wildman–Crippen MR) is 74.3 cm³/mol. The Kier molecular flexibility index (Phi) is 6.34. The van der Waals surface area contributed by atoms with E-state index < -0.39 is 0 Å². The lowest BCUT2D eigenvalue weighted by atomic mass is 10.2. The number of aromatic nitrogens is 2. The van der Waals surface area contributed by atoms with E-state index in [9.17, 15) is 0 Å². The predicted octanol–water partition coefficient (Wildman–Crippen LogP) is 3.46. The first-order valence-corrected chi connectivity index (χ1v) is 7.01. The van der Waals surface area contributed by atoms with Gasteiger partial charge in [-0.15, -0.1) is 0 Å². The SMILES string of the molecule is CCCCn1cc(I)c(COCC(C)C)n1. The third-order valence-electron chi connectivity index (χ3n) is 2.22. The Hall–Kier alpha value is -0.100. The molecule has 0 fully saturated rings. The minimum Gasteiger partial charge on any atom is -0.375 e. The zero-order valence-electron chi connectivity index (χ0n) is 10.4. The first kappa shape index (κ1) is 14.0. The van der Waals surface area contributed by atoms with E-state index in [1.807, 2.05) is 4.68 Å². The van der Waals surface area contributed by atoms with Crippen molar-refractivity contribution in [2.45, 2.75) is 46.8 Å². The van der Waals surface area contributed by atoms with Crippen molar-refractivity contribution in [3.63, 3.8) is 0 Å². The molecule has 0 aliphatic heterocycles. The fourth-order valence-corrected chi connectivity index (χ4v) is 1.95. The summed E-state index contributed by atoms with van der Waals surface area (Å²) in [6.07, 6.45) is 4.49. The van der Waals surface area contributed by atoms with Crippen molar-refractivity contribution in [2.75, 3.05) is 6.61 Å². The van der Waals surface area contributed by atoms with Crippen LogP contribution in [0.1, 0.15) is 39.3 Å². The average molecular weight is 336 g/mol. The van der Waals surface area contributed by atoms with Crippen LogP contribution >= 0.6 is 22.6 Å². The first-order valence-electron chi connectivity index (χ1n) is 5.93. The summed E-state index contributed by atoms with van der Waals surface area (Å²) in [5, 5.41) is 4.53. The summed E-state index contributed by atoms with van der Waals surface area (Å²) in [6, 6.07) is 0. The standard InChI is InChI=1S/C12H21IN2O/c1-4-5-6-15-7-11(13)12(14-15)9-16-8-10(2)3/h7,10H,4-6,8-9H2,1-3H3. The normalized spacial score (nSPS) is 11.3. The maximum absolute atomic E-state index is 5.60. The Labute approximate surface area is 112 Å². The molecule has 0 saturated carbocycles. The number of rotatable bonds is 7. The monoisotopic (exact) mass is 336 g/mol. The fourth-order valence-electron chi connectivity index (χ4n) is 1.36. The van der Waals surface area contributed by atoms with Crippen LogP contribution in [0.4, 0.5) is 0 Å². The lowest BCUT2D eigenvalue weighted by Crippen LogP contribution is -2.04. The molecule has 0 aromatic carbocycles. The van der Waals surface area contributed by atoms with E-state index in [0.29, 0.717) is 12.5 Å². The number of hydrogen-bond donors (Lipinski definition) is 0. The summed E-state index contributed by atoms with van der Waals surface area (Å²) in [5.74, 6) is 0.583. The van der Waals surface area contributed by atoms with Gasteiger partial charge in [-0.1, -0.05) is 27.2 Å². The van der Waals surface area contributed by atoms with E-state index in [-0.39, 0.29) is 0 Å². The van der Waals surface area contributed by atoms with Gasteiger partial charge in [0.05, 0.1) is 10.2 Å². The fraction of sp³-hybridized carbons (Fsp3) is 0.750. The van der Waals surface area contributed by atoms with Gasteiger partial charge in [0.25, 0.3) is 0 Å². The second kappa shape index (κ2) is 7.27. The molecule has 1 rings (SSSR count). The third-order valence-corrected chi connectivity index (χ3v) is 3.12. The van der Waals surface area contributed by atoms with Crippen molar-refractivity contribution in [2.24, 2.45) is 5.92 Å². The summed E-state index contributed by atoms with van der Waals surface area (Å²) >= 11 is 2.33. The third kappa shape index (κ3) is 4.82. The molecule has 0 amide bonds. The Morgan fingerprint density at radius 3 is 2.88 bits per heavy atom. The van der Waals surface area contributed by atoms with Crippen molar-refractivity contribution >= 4 is 22.6 Å². The van der Waals surface area contributed by atoms with Gasteiger partial charge in [0.1, 0.15) is 5.69 Å². The summed E-state index contributed by atoms with van der Waals surface area (Å²) in [6.45, 7) is 8.96. The second-order valence-electron chi connectivity index (χ2n) is 4.45. The molecular formula is C12H21IN2O. The zero-order valence-corrected chi connectivity index (χ0v) is 12.5. The minimum absolute atomic E-state index is 0.583. The Morgan fingerprint density at radius 1 is 1.50 bits per heavy atom. The van der Waals surface area contributed by atoms with E-state index in [0.717, 1.165) is 18.8 Å². The van der Waals surface area contributed by atoms with Gasteiger partial charge in [0, 0.05) is 19.3 Å². The molecule has 1 aromatic heterocycles. The molecule has 4 heteroatoms. The molecule has 0 radical (unpaired) electrons. The van der Waals surface area contributed by atoms with E-state index >= 15 is 0 Å². The molecule has 0 bridgehead atoms. The summed E-state index contributed by atoms with van der Waals surface area (Å²) < 4.78 is 8.83.